The van der Waals surface area contributed by atoms with E-state index in [-0.39, 0.29) is 0 Å². The van der Waals surface area contributed by atoms with Gasteiger partial charge in [-0.05, 0) is 60.1 Å². The molecular formula is C18H22O2. The first kappa shape index (κ1) is 14.4. The zero-order valence-corrected chi connectivity index (χ0v) is 12.1. The van der Waals surface area contributed by atoms with E-state index in [4.69, 9.17) is 0 Å². The third kappa shape index (κ3) is 3.53. The van der Waals surface area contributed by atoms with Crippen LogP contribution in [0.5, 0.6) is 11.5 Å². The quantitative estimate of drug-likeness (QED) is 0.841. The van der Waals surface area contributed by atoms with Gasteiger partial charge in [0.05, 0.1) is 0 Å². The van der Waals surface area contributed by atoms with Crippen LogP contribution in [-0.2, 0) is 6.42 Å². The maximum Gasteiger partial charge on any atom is 0.115 e. The summed E-state index contributed by atoms with van der Waals surface area (Å²) in [5.41, 5.74) is 2.52. The zero-order chi connectivity index (χ0) is 14.5. The molecule has 2 aromatic carbocycles. The molecule has 2 rings (SSSR count). The Hall–Kier alpha value is -1.96. The Bertz CT molecular complexity index is 528. The maximum absolute atomic E-state index is 9.39. The Kier molecular flexibility index (Phi) is 4.67. The van der Waals surface area contributed by atoms with Crippen LogP contribution in [0.3, 0.4) is 0 Å². The average molecular weight is 270 g/mol. The highest BCUT2D eigenvalue weighted by Gasteiger charge is 2.18. The molecule has 106 valence electrons. The van der Waals surface area contributed by atoms with E-state index in [2.05, 4.69) is 13.8 Å². The highest BCUT2D eigenvalue weighted by atomic mass is 16.3. The number of aromatic hydroxyl groups is 2. The SMILES string of the molecule is CC[C@H](c1ccc(O)cc1)[C@H](C)Cc1ccc(O)cc1. The Balaban J connectivity index is 2.10. The van der Waals surface area contributed by atoms with Crippen molar-refractivity contribution in [3.8, 4) is 11.5 Å². The third-order valence-corrected chi connectivity index (χ3v) is 3.94. The number of hydrogen-bond acceptors (Lipinski definition) is 2. The van der Waals surface area contributed by atoms with E-state index in [0.717, 1.165) is 12.8 Å². The summed E-state index contributed by atoms with van der Waals surface area (Å²) in [4.78, 5) is 0. The van der Waals surface area contributed by atoms with Crippen LogP contribution in [0, 0.1) is 5.92 Å². The zero-order valence-electron chi connectivity index (χ0n) is 12.1. The van der Waals surface area contributed by atoms with Crippen LogP contribution >= 0.6 is 0 Å². The number of rotatable bonds is 5. The monoisotopic (exact) mass is 270 g/mol. The molecule has 2 aromatic rings. The molecule has 0 bridgehead atoms. The summed E-state index contributed by atoms with van der Waals surface area (Å²) in [6, 6.07) is 15.0. The smallest absolute Gasteiger partial charge is 0.115 e. The summed E-state index contributed by atoms with van der Waals surface area (Å²) in [7, 11) is 0. The van der Waals surface area contributed by atoms with Crippen LogP contribution in [-0.4, -0.2) is 10.2 Å². The number of phenolic OH excluding ortho intramolecular Hbond substituents is 2. The normalized spacial score (nSPS) is 13.9. The molecule has 20 heavy (non-hydrogen) atoms. The van der Waals surface area contributed by atoms with Crippen molar-refractivity contribution in [1.29, 1.82) is 0 Å². The molecule has 0 unspecified atom stereocenters. The Morgan fingerprint density at radius 2 is 1.35 bits per heavy atom. The lowest BCUT2D eigenvalue weighted by molar-refractivity contribution is 0.441. The molecule has 0 aliphatic carbocycles. The molecule has 0 aliphatic heterocycles. The van der Waals surface area contributed by atoms with Crippen LogP contribution in [0.1, 0.15) is 37.3 Å². The van der Waals surface area contributed by atoms with Gasteiger partial charge < -0.3 is 10.2 Å². The lowest BCUT2D eigenvalue weighted by atomic mass is 9.82. The van der Waals surface area contributed by atoms with Crippen LogP contribution in [0.25, 0.3) is 0 Å². The fourth-order valence-corrected chi connectivity index (χ4v) is 2.83. The molecule has 0 fully saturated rings. The molecule has 0 aromatic heterocycles. The molecular weight excluding hydrogens is 248 g/mol. The maximum atomic E-state index is 9.39. The molecule has 2 heteroatoms. The van der Waals surface area contributed by atoms with Crippen molar-refractivity contribution in [3.63, 3.8) is 0 Å². The van der Waals surface area contributed by atoms with Gasteiger partial charge in [-0.3, -0.25) is 0 Å². The van der Waals surface area contributed by atoms with Gasteiger partial charge in [0.25, 0.3) is 0 Å². The first-order valence-corrected chi connectivity index (χ1v) is 7.17. The largest absolute Gasteiger partial charge is 0.508 e. The van der Waals surface area contributed by atoms with Crippen molar-refractivity contribution in [1.82, 2.24) is 0 Å². The second-order valence-electron chi connectivity index (χ2n) is 5.45. The van der Waals surface area contributed by atoms with Gasteiger partial charge in [-0.2, -0.15) is 0 Å². The van der Waals surface area contributed by atoms with Crippen molar-refractivity contribution in [2.45, 2.75) is 32.6 Å². The third-order valence-electron chi connectivity index (χ3n) is 3.94. The fraction of sp³-hybridized carbons (Fsp3) is 0.333. The average Bonchev–Trinajstić information content (AvgIpc) is 2.44. The van der Waals surface area contributed by atoms with Gasteiger partial charge >= 0.3 is 0 Å². The summed E-state index contributed by atoms with van der Waals surface area (Å²) in [6.45, 7) is 4.46. The Morgan fingerprint density at radius 3 is 1.85 bits per heavy atom. The van der Waals surface area contributed by atoms with E-state index < -0.39 is 0 Å². The highest BCUT2D eigenvalue weighted by Crippen LogP contribution is 2.31. The molecule has 2 atom stereocenters. The molecule has 0 radical (unpaired) electrons. The molecule has 0 saturated heterocycles. The van der Waals surface area contributed by atoms with Gasteiger partial charge in [0.1, 0.15) is 11.5 Å². The van der Waals surface area contributed by atoms with E-state index in [1.807, 2.05) is 24.3 Å². The van der Waals surface area contributed by atoms with Gasteiger partial charge in [0, 0.05) is 0 Å². The van der Waals surface area contributed by atoms with Crippen molar-refractivity contribution < 1.29 is 10.2 Å². The van der Waals surface area contributed by atoms with Gasteiger partial charge in [-0.25, -0.2) is 0 Å². The first-order chi connectivity index (χ1) is 9.60. The molecule has 0 heterocycles. The highest BCUT2D eigenvalue weighted by molar-refractivity contribution is 5.30. The second kappa shape index (κ2) is 6.47. The lowest BCUT2D eigenvalue weighted by Gasteiger charge is -2.23. The van der Waals surface area contributed by atoms with Gasteiger partial charge in [0.2, 0.25) is 0 Å². The predicted molar refractivity (Wildman–Crippen MR) is 82.1 cm³/mol. The summed E-state index contributed by atoms with van der Waals surface area (Å²) in [5.74, 6) is 1.61. The predicted octanol–water partition coefficient (Wildman–Crippen LogP) is 4.47. The first-order valence-electron chi connectivity index (χ1n) is 7.17. The molecule has 2 N–H and O–H groups in total. The van der Waals surface area contributed by atoms with Crippen LogP contribution < -0.4 is 0 Å². The van der Waals surface area contributed by atoms with Crippen LogP contribution in [0.4, 0.5) is 0 Å². The van der Waals surface area contributed by atoms with Crippen molar-refractivity contribution >= 4 is 0 Å². The van der Waals surface area contributed by atoms with Gasteiger partial charge in [-0.15, -0.1) is 0 Å². The fourth-order valence-electron chi connectivity index (χ4n) is 2.83. The summed E-state index contributed by atoms with van der Waals surface area (Å²) in [6.07, 6.45) is 2.06. The minimum Gasteiger partial charge on any atom is -0.508 e. The molecule has 0 spiro atoms. The van der Waals surface area contributed by atoms with E-state index in [9.17, 15) is 10.2 Å². The van der Waals surface area contributed by atoms with Crippen LogP contribution in [0.15, 0.2) is 48.5 Å². The van der Waals surface area contributed by atoms with Crippen molar-refractivity contribution in [2.24, 2.45) is 5.92 Å². The standard InChI is InChI=1S/C18H22O2/c1-3-18(15-6-10-17(20)11-7-15)13(2)12-14-4-8-16(19)9-5-14/h4-11,13,18-20H,3,12H2,1-2H3/t13-,18+/m1/s1. The van der Waals surface area contributed by atoms with Crippen molar-refractivity contribution in [3.05, 3.63) is 59.7 Å². The molecule has 0 saturated carbocycles. The number of benzene rings is 2. The molecule has 0 aliphatic rings. The van der Waals surface area contributed by atoms with Crippen LogP contribution in [0.2, 0.25) is 0 Å². The van der Waals surface area contributed by atoms with Crippen molar-refractivity contribution in [2.75, 3.05) is 0 Å². The van der Waals surface area contributed by atoms with Gasteiger partial charge in [-0.1, -0.05) is 38.1 Å². The molecule has 0 amide bonds. The van der Waals surface area contributed by atoms with Gasteiger partial charge in [0.15, 0.2) is 0 Å². The Morgan fingerprint density at radius 1 is 0.850 bits per heavy atom. The number of hydrogen-bond donors (Lipinski definition) is 2. The second-order valence-corrected chi connectivity index (χ2v) is 5.45. The van der Waals surface area contributed by atoms with E-state index in [1.165, 1.54) is 11.1 Å². The number of phenols is 2. The lowest BCUT2D eigenvalue weighted by Crippen LogP contribution is -2.11. The summed E-state index contributed by atoms with van der Waals surface area (Å²) < 4.78 is 0. The minimum absolute atomic E-state index is 0.312. The minimum atomic E-state index is 0.312. The van der Waals surface area contributed by atoms with E-state index in [0.29, 0.717) is 23.3 Å². The van der Waals surface area contributed by atoms with E-state index >= 15 is 0 Å². The summed E-state index contributed by atoms with van der Waals surface area (Å²) in [5, 5.41) is 18.7. The van der Waals surface area contributed by atoms with E-state index in [1.54, 1.807) is 24.3 Å². The summed E-state index contributed by atoms with van der Waals surface area (Å²) >= 11 is 0. The molecule has 2 nitrogen and oxygen atoms in total. The topological polar surface area (TPSA) is 40.5 Å². The Labute approximate surface area is 120 Å².